The minimum absolute atomic E-state index is 0.0104. The third kappa shape index (κ3) is 4.73. The Kier molecular flexibility index (Phi) is 6.37. The van der Waals surface area contributed by atoms with Crippen LogP contribution in [0.1, 0.15) is 34.9 Å². The van der Waals surface area contributed by atoms with Crippen molar-refractivity contribution >= 4 is 12.1 Å². The molecule has 3 atom stereocenters. The molecule has 1 amide bonds. The van der Waals surface area contributed by atoms with Crippen LogP contribution in [0.25, 0.3) is 5.82 Å². The number of carbonyl (C=O) groups excluding carboxylic acids is 1. The quantitative estimate of drug-likeness (QED) is 0.528. The molecule has 3 aromatic rings. The van der Waals surface area contributed by atoms with E-state index in [0.29, 0.717) is 12.2 Å². The maximum absolute atomic E-state index is 14.7. The molecule has 0 bridgehead atoms. The topological polar surface area (TPSA) is 118 Å². The molecule has 1 aliphatic heterocycles. The van der Waals surface area contributed by atoms with Gasteiger partial charge in [0, 0.05) is 36.8 Å². The van der Waals surface area contributed by atoms with Gasteiger partial charge in [-0.3, -0.25) is 9.79 Å². The van der Waals surface area contributed by atoms with Crippen LogP contribution in [0.15, 0.2) is 72.1 Å². The van der Waals surface area contributed by atoms with Crippen LogP contribution in [0.5, 0.6) is 5.75 Å². The van der Waals surface area contributed by atoms with Crippen molar-refractivity contribution in [1.82, 2.24) is 20.1 Å². The number of phenolic OH excluding ortho intramolecular Hbond substituents is 1. The van der Waals surface area contributed by atoms with E-state index in [1.54, 1.807) is 43.0 Å². The monoisotopic (exact) mass is 434 g/mol. The van der Waals surface area contributed by atoms with Crippen LogP contribution in [0, 0.1) is 11.7 Å². The number of phenols is 1. The second-order valence-corrected chi connectivity index (χ2v) is 7.51. The van der Waals surface area contributed by atoms with Crippen LogP contribution in [0.3, 0.4) is 0 Å². The van der Waals surface area contributed by atoms with Crippen LogP contribution in [-0.4, -0.2) is 38.0 Å². The molecular formula is C23H23FN6O2. The van der Waals surface area contributed by atoms with Crippen LogP contribution in [0.4, 0.5) is 4.39 Å². The predicted molar refractivity (Wildman–Crippen MR) is 118 cm³/mol. The number of aromatic nitrogens is 3. The smallest absolute Gasteiger partial charge is 0.272 e. The second kappa shape index (κ2) is 9.52. The molecule has 0 fully saturated rings. The minimum Gasteiger partial charge on any atom is -0.507 e. The first-order chi connectivity index (χ1) is 15.5. The Labute approximate surface area is 184 Å². The van der Waals surface area contributed by atoms with Crippen molar-refractivity contribution in [3.8, 4) is 11.6 Å². The van der Waals surface area contributed by atoms with E-state index in [0.717, 1.165) is 0 Å². The van der Waals surface area contributed by atoms with Gasteiger partial charge in [0.2, 0.25) is 0 Å². The van der Waals surface area contributed by atoms with E-state index in [4.69, 9.17) is 5.73 Å². The number of amides is 1. The molecule has 164 valence electrons. The highest BCUT2D eigenvalue weighted by molar-refractivity contribution is 5.92. The van der Waals surface area contributed by atoms with Gasteiger partial charge in [0.1, 0.15) is 11.6 Å². The molecule has 4 rings (SSSR count). The summed E-state index contributed by atoms with van der Waals surface area (Å²) >= 11 is 0. The van der Waals surface area contributed by atoms with Gasteiger partial charge in [-0.05, 0) is 43.2 Å². The summed E-state index contributed by atoms with van der Waals surface area (Å²) in [5.41, 5.74) is 6.49. The first-order valence-electron chi connectivity index (χ1n) is 10.2. The van der Waals surface area contributed by atoms with Crippen molar-refractivity contribution in [3.63, 3.8) is 0 Å². The van der Waals surface area contributed by atoms with E-state index in [-0.39, 0.29) is 29.3 Å². The van der Waals surface area contributed by atoms with Crippen molar-refractivity contribution in [2.24, 2.45) is 16.6 Å². The fourth-order valence-corrected chi connectivity index (χ4v) is 3.65. The lowest BCUT2D eigenvalue weighted by atomic mass is 9.89. The van der Waals surface area contributed by atoms with E-state index in [1.165, 1.54) is 22.9 Å². The van der Waals surface area contributed by atoms with Gasteiger partial charge in [-0.15, -0.1) is 0 Å². The lowest BCUT2D eigenvalue weighted by Crippen LogP contribution is -2.38. The molecule has 8 nitrogen and oxygen atoms in total. The second-order valence-electron chi connectivity index (χ2n) is 7.51. The largest absolute Gasteiger partial charge is 0.507 e. The van der Waals surface area contributed by atoms with Gasteiger partial charge in [0.25, 0.3) is 5.91 Å². The van der Waals surface area contributed by atoms with Crippen LogP contribution < -0.4 is 11.1 Å². The normalized spacial score (nSPS) is 17.1. The zero-order chi connectivity index (χ0) is 22.5. The number of aliphatic imine (C=N–C) groups is 1. The maximum atomic E-state index is 14.7. The average molecular weight is 434 g/mol. The molecule has 0 radical (unpaired) electrons. The Morgan fingerprint density at radius 2 is 2.16 bits per heavy atom. The third-order valence-electron chi connectivity index (χ3n) is 5.32. The van der Waals surface area contributed by atoms with Crippen molar-refractivity contribution in [3.05, 3.63) is 84.2 Å². The predicted octanol–water partition coefficient (Wildman–Crippen LogP) is 2.90. The lowest BCUT2D eigenvalue weighted by Gasteiger charge is -2.27. The minimum atomic E-state index is -0.863. The number of pyridine rings is 1. The molecule has 1 aliphatic rings. The molecule has 9 heteroatoms. The summed E-state index contributed by atoms with van der Waals surface area (Å²) in [7, 11) is 0. The number of hydrogen-bond donors (Lipinski definition) is 3. The summed E-state index contributed by atoms with van der Waals surface area (Å²) in [6.45, 7) is 0. The number of nitrogens with one attached hydrogen (secondary N) is 1. The number of allylic oxidation sites excluding steroid dienone is 1. The molecular weight excluding hydrogens is 411 g/mol. The van der Waals surface area contributed by atoms with E-state index >= 15 is 0 Å². The average Bonchev–Trinajstić information content (AvgIpc) is 3.30. The number of halogens is 1. The Hall–Kier alpha value is -3.85. The first-order valence-corrected chi connectivity index (χ1v) is 10.2. The van der Waals surface area contributed by atoms with Crippen LogP contribution in [-0.2, 0) is 0 Å². The lowest BCUT2D eigenvalue weighted by molar-refractivity contribution is 0.0925. The standard InChI is InChI=1S/C23H23FN6O2/c24-16-6-3-7-20(31)22(16)19(13-17(25)15-5-4-10-26-14-15)28-23(32)18-9-12-30(29-18)21-8-1-2-11-27-21/h1-4,6-12,14-15,17,19,31H,5,13,25H2,(H,28,32). The van der Waals surface area contributed by atoms with Crippen LogP contribution in [0.2, 0.25) is 0 Å². The van der Waals surface area contributed by atoms with E-state index in [2.05, 4.69) is 20.4 Å². The molecule has 0 saturated heterocycles. The van der Waals surface area contributed by atoms with Gasteiger partial charge in [0.05, 0.1) is 11.6 Å². The first kappa shape index (κ1) is 21.4. The SMILES string of the molecule is NC(CC(NC(=O)c1ccn(-c2ccccn2)n1)c1c(O)cccc1F)C1C=NC=CC1. The fraction of sp³-hybridized carbons (Fsp3) is 0.217. The number of hydrogen-bond acceptors (Lipinski definition) is 6. The van der Waals surface area contributed by atoms with E-state index < -0.39 is 23.8 Å². The molecule has 0 saturated carbocycles. The van der Waals surface area contributed by atoms with E-state index in [1.807, 2.05) is 12.1 Å². The molecule has 32 heavy (non-hydrogen) atoms. The maximum Gasteiger partial charge on any atom is 0.272 e. The summed E-state index contributed by atoms with van der Waals surface area (Å²) in [6, 6.07) is 9.63. The molecule has 1 aromatic carbocycles. The summed E-state index contributed by atoms with van der Waals surface area (Å²) in [4.78, 5) is 21.3. The van der Waals surface area contributed by atoms with Gasteiger partial charge < -0.3 is 16.2 Å². The Balaban J connectivity index is 1.57. The van der Waals surface area contributed by atoms with Crippen molar-refractivity contribution < 1.29 is 14.3 Å². The third-order valence-corrected chi connectivity index (χ3v) is 5.32. The number of nitrogens with zero attached hydrogens (tertiary/aromatic N) is 4. The Bertz CT molecular complexity index is 1120. The summed E-state index contributed by atoms with van der Waals surface area (Å²) in [5, 5.41) is 17.4. The Morgan fingerprint density at radius 3 is 2.88 bits per heavy atom. The highest BCUT2D eigenvalue weighted by atomic mass is 19.1. The highest BCUT2D eigenvalue weighted by Crippen LogP contribution is 2.31. The van der Waals surface area contributed by atoms with Gasteiger partial charge >= 0.3 is 0 Å². The number of nitrogens with two attached hydrogens (primary N) is 1. The molecule has 0 spiro atoms. The number of benzene rings is 1. The number of rotatable bonds is 7. The highest BCUT2D eigenvalue weighted by Gasteiger charge is 2.28. The molecule has 0 aliphatic carbocycles. The zero-order valence-electron chi connectivity index (χ0n) is 17.2. The molecule has 4 N–H and O–H groups in total. The van der Waals surface area contributed by atoms with Gasteiger partial charge in [0.15, 0.2) is 11.5 Å². The molecule has 3 unspecified atom stereocenters. The summed E-state index contributed by atoms with van der Waals surface area (Å²) in [5.74, 6) is -0.896. The van der Waals surface area contributed by atoms with E-state index in [9.17, 15) is 14.3 Å². The zero-order valence-corrected chi connectivity index (χ0v) is 17.2. The fourth-order valence-electron chi connectivity index (χ4n) is 3.65. The van der Waals surface area contributed by atoms with Crippen molar-refractivity contribution in [2.75, 3.05) is 0 Å². The van der Waals surface area contributed by atoms with Gasteiger partial charge in [-0.1, -0.05) is 18.2 Å². The summed E-state index contributed by atoms with van der Waals surface area (Å²) in [6.07, 6.45) is 9.49. The van der Waals surface area contributed by atoms with Crippen molar-refractivity contribution in [2.45, 2.75) is 24.9 Å². The molecule has 2 aromatic heterocycles. The van der Waals surface area contributed by atoms with Gasteiger partial charge in [-0.25, -0.2) is 14.1 Å². The summed E-state index contributed by atoms with van der Waals surface area (Å²) < 4.78 is 16.1. The number of carbonyl (C=O) groups is 1. The molecule has 3 heterocycles. The van der Waals surface area contributed by atoms with Gasteiger partial charge in [-0.2, -0.15) is 5.10 Å². The number of aromatic hydroxyl groups is 1. The van der Waals surface area contributed by atoms with Crippen molar-refractivity contribution in [1.29, 1.82) is 0 Å². The van der Waals surface area contributed by atoms with Crippen LogP contribution >= 0.6 is 0 Å². The Morgan fingerprint density at radius 1 is 1.28 bits per heavy atom.